The van der Waals surface area contributed by atoms with Gasteiger partial charge >= 0.3 is 0 Å². The van der Waals surface area contributed by atoms with Crippen molar-refractivity contribution >= 4 is 0 Å². The molecule has 5 heteroatoms. The molecule has 0 radical (unpaired) electrons. The van der Waals surface area contributed by atoms with Gasteiger partial charge in [0.05, 0.1) is 6.61 Å². The van der Waals surface area contributed by atoms with E-state index in [4.69, 9.17) is 14.2 Å². The minimum Gasteiger partial charge on any atom is -0.493 e. The highest BCUT2D eigenvalue weighted by Crippen LogP contribution is 2.36. The summed E-state index contributed by atoms with van der Waals surface area (Å²) in [6.07, 6.45) is 1.07. The molecule has 5 rings (SSSR count). The first-order valence-electron chi connectivity index (χ1n) is 10.4. The van der Waals surface area contributed by atoms with Crippen LogP contribution >= 0.6 is 0 Å². The molecule has 3 aromatic rings. The SMILES string of the molecule is Fc1ccc(-c2ccc(C3CCNC[C@H]3COc3ccc4c(c3)OCO4)cc2)cc1. The van der Waals surface area contributed by atoms with E-state index < -0.39 is 0 Å². The lowest BCUT2D eigenvalue weighted by molar-refractivity contribution is 0.173. The van der Waals surface area contributed by atoms with Crippen LogP contribution in [0, 0.1) is 11.7 Å². The highest BCUT2D eigenvalue weighted by molar-refractivity contribution is 5.63. The Hall–Kier alpha value is -3.05. The van der Waals surface area contributed by atoms with E-state index in [1.165, 1.54) is 17.7 Å². The van der Waals surface area contributed by atoms with E-state index in [9.17, 15) is 4.39 Å². The molecule has 0 amide bonds. The summed E-state index contributed by atoms with van der Waals surface area (Å²) in [4.78, 5) is 0. The van der Waals surface area contributed by atoms with E-state index in [0.717, 1.165) is 47.9 Å². The largest absolute Gasteiger partial charge is 0.493 e. The molecule has 154 valence electrons. The standard InChI is InChI=1S/C25H24FNO3/c26-21-7-5-18(6-8-21)17-1-3-19(4-2-17)23-11-12-27-14-20(23)15-28-22-9-10-24-25(13-22)30-16-29-24/h1-10,13,20,23,27H,11-12,14-16H2/t20-,23?/m0/s1. The van der Waals surface area contributed by atoms with Crippen molar-refractivity contribution in [1.82, 2.24) is 5.32 Å². The van der Waals surface area contributed by atoms with Gasteiger partial charge in [-0.3, -0.25) is 0 Å². The zero-order chi connectivity index (χ0) is 20.3. The Labute approximate surface area is 175 Å². The number of hydrogen-bond donors (Lipinski definition) is 1. The fraction of sp³-hybridized carbons (Fsp3) is 0.280. The van der Waals surface area contributed by atoms with Crippen molar-refractivity contribution in [2.75, 3.05) is 26.5 Å². The van der Waals surface area contributed by atoms with Crippen LogP contribution in [0.15, 0.2) is 66.7 Å². The van der Waals surface area contributed by atoms with Gasteiger partial charge in [0.15, 0.2) is 11.5 Å². The first-order valence-corrected chi connectivity index (χ1v) is 10.4. The molecular weight excluding hydrogens is 381 g/mol. The average molecular weight is 405 g/mol. The second kappa shape index (κ2) is 8.36. The van der Waals surface area contributed by atoms with Crippen LogP contribution < -0.4 is 19.5 Å². The van der Waals surface area contributed by atoms with Crippen molar-refractivity contribution in [2.45, 2.75) is 12.3 Å². The number of ether oxygens (including phenoxy) is 3. The van der Waals surface area contributed by atoms with Gasteiger partial charge in [-0.1, -0.05) is 36.4 Å². The lowest BCUT2D eigenvalue weighted by Crippen LogP contribution is -2.38. The van der Waals surface area contributed by atoms with Gasteiger partial charge in [0.1, 0.15) is 11.6 Å². The normalized spacial score (nSPS) is 20.2. The monoisotopic (exact) mass is 405 g/mol. The Morgan fingerprint density at radius 2 is 1.63 bits per heavy atom. The fourth-order valence-corrected chi connectivity index (χ4v) is 4.27. The predicted molar refractivity (Wildman–Crippen MR) is 114 cm³/mol. The van der Waals surface area contributed by atoms with E-state index in [0.29, 0.717) is 18.4 Å². The summed E-state index contributed by atoms with van der Waals surface area (Å²) in [5, 5.41) is 3.49. The number of benzene rings is 3. The van der Waals surface area contributed by atoms with Crippen LogP contribution in [-0.2, 0) is 0 Å². The maximum Gasteiger partial charge on any atom is 0.231 e. The van der Waals surface area contributed by atoms with Crippen LogP contribution in [0.25, 0.3) is 11.1 Å². The van der Waals surface area contributed by atoms with Gasteiger partial charge in [-0.25, -0.2) is 4.39 Å². The molecule has 0 saturated carbocycles. The molecule has 1 unspecified atom stereocenters. The van der Waals surface area contributed by atoms with E-state index >= 15 is 0 Å². The van der Waals surface area contributed by atoms with Gasteiger partial charge in [0.2, 0.25) is 6.79 Å². The number of rotatable bonds is 5. The Kier molecular flexibility index (Phi) is 5.28. The minimum atomic E-state index is -0.213. The van der Waals surface area contributed by atoms with Crippen LogP contribution in [-0.4, -0.2) is 26.5 Å². The molecule has 1 N–H and O–H groups in total. The Morgan fingerprint density at radius 1 is 0.900 bits per heavy atom. The Balaban J connectivity index is 1.28. The van der Waals surface area contributed by atoms with Crippen molar-refractivity contribution in [3.8, 4) is 28.4 Å². The average Bonchev–Trinajstić information content (AvgIpc) is 3.27. The van der Waals surface area contributed by atoms with Crippen molar-refractivity contribution in [1.29, 1.82) is 0 Å². The second-order valence-corrected chi connectivity index (χ2v) is 7.81. The Morgan fingerprint density at radius 3 is 2.43 bits per heavy atom. The van der Waals surface area contributed by atoms with Crippen LogP contribution in [0.3, 0.4) is 0 Å². The van der Waals surface area contributed by atoms with Gasteiger partial charge in [0.25, 0.3) is 0 Å². The maximum absolute atomic E-state index is 13.2. The molecule has 0 bridgehead atoms. The van der Waals surface area contributed by atoms with E-state index in [1.54, 1.807) is 0 Å². The summed E-state index contributed by atoms with van der Waals surface area (Å²) in [6.45, 7) is 2.83. The van der Waals surface area contributed by atoms with Crippen LogP contribution in [0.2, 0.25) is 0 Å². The lowest BCUT2D eigenvalue weighted by Gasteiger charge is -2.32. The molecule has 1 saturated heterocycles. The first-order chi connectivity index (χ1) is 14.8. The number of nitrogens with one attached hydrogen (secondary N) is 1. The van der Waals surface area contributed by atoms with Crippen molar-refractivity contribution < 1.29 is 18.6 Å². The molecule has 0 aromatic heterocycles. The summed E-state index contributed by atoms with van der Waals surface area (Å²) in [5.41, 5.74) is 3.44. The van der Waals surface area contributed by atoms with E-state index in [1.807, 2.05) is 30.3 Å². The van der Waals surface area contributed by atoms with Crippen molar-refractivity contribution in [3.05, 3.63) is 78.1 Å². The zero-order valence-electron chi connectivity index (χ0n) is 16.6. The highest BCUT2D eigenvalue weighted by atomic mass is 19.1. The molecule has 0 aliphatic carbocycles. The Bertz CT molecular complexity index is 1000. The van der Waals surface area contributed by atoms with Crippen molar-refractivity contribution in [2.24, 2.45) is 5.92 Å². The van der Waals surface area contributed by atoms with Gasteiger partial charge in [-0.2, -0.15) is 0 Å². The summed E-state index contributed by atoms with van der Waals surface area (Å²) in [7, 11) is 0. The maximum atomic E-state index is 13.2. The fourth-order valence-electron chi connectivity index (χ4n) is 4.27. The quantitative estimate of drug-likeness (QED) is 0.649. The molecule has 2 atom stereocenters. The predicted octanol–water partition coefficient (Wildman–Crippen LogP) is 4.99. The number of halogens is 1. The third-order valence-corrected chi connectivity index (χ3v) is 5.93. The first kappa shape index (κ1) is 18.9. The smallest absolute Gasteiger partial charge is 0.231 e. The minimum absolute atomic E-state index is 0.213. The van der Waals surface area contributed by atoms with Gasteiger partial charge in [-0.15, -0.1) is 0 Å². The lowest BCUT2D eigenvalue weighted by atomic mass is 9.81. The number of piperidine rings is 1. The summed E-state index contributed by atoms with van der Waals surface area (Å²) >= 11 is 0. The molecule has 0 spiro atoms. The second-order valence-electron chi connectivity index (χ2n) is 7.81. The summed E-state index contributed by atoms with van der Waals surface area (Å²) in [5.74, 6) is 2.90. The van der Waals surface area contributed by atoms with E-state index in [2.05, 4.69) is 29.6 Å². The summed E-state index contributed by atoms with van der Waals surface area (Å²) in [6, 6.07) is 21.0. The zero-order valence-corrected chi connectivity index (χ0v) is 16.6. The molecule has 2 heterocycles. The molecular formula is C25H24FNO3. The van der Waals surface area contributed by atoms with Crippen molar-refractivity contribution in [3.63, 3.8) is 0 Å². The third kappa shape index (κ3) is 3.98. The third-order valence-electron chi connectivity index (χ3n) is 5.93. The molecule has 2 aliphatic rings. The van der Waals surface area contributed by atoms with Crippen LogP contribution in [0.5, 0.6) is 17.2 Å². The molecule has 3 aromatic carbocycles. The molecule has 4 nitrogen and oxygen atoms in total. The number of hydrogen-bond acceptors (Lipinski definition) is 4. The summed E-state index contributed by atoms with van der Waals surface area (Å²) < 4.78 is 30.1. The molecule has 1 fully saturated rings. The van der Waals surface area contributed by atoms with E-state index in [-0.39, 0.29) is 12.6 Å². The highest BCUT2D eigenvalue weighted by Gasteiger charge is 2.27. The van der Waals surface area contributed by atoms with Crippen LogP contribution in [0.4, 0.5) is 4.39 Å². The van der Waals surface area contributed by atoms with Gasteiger partial charge < -0.3 is 19.5 Å². The molecule has 2 aliphatic heterocycles. The van der Waals surface area contributed by atoms with Gasteiger partial charge in [0, 0.05) is 18.5 Å². The van der Waals surface area contributed by atoms with Crippen LogP contribution in [0.1, 0.15) is 17.9 Å². The topological polar surface area (TPSA) is 39.7 Å². The number of fused-ring (bicyclic) bond motifs is 1. The molecule has 30 heavy (non-hydrogen) atoms. The van der Waals surface area contributed by atoms with Gasteiger partial charge in [-0.05, 0) is 59.8 Å².